The number of nitrogens with two attached hydrogens (primary N) is 2. The van der Waals surface area contributed by atoms with Crippen molar-refractivity contribution in [3.8, 4) is 11.5 Å². The predicted octanol–water partition coefficient (Wildman–Crippen LogP) is 1.98. The summed E-state index contributed by atoms with van der Waals surface area (Å²) in [5, 5.41) is 42.6. The summed E-state index contributed by atoms with van der Waals surface area (Å²) in [7, 11) is -14.4. The number of nitrogens with zero attached hydrogens (tertiary/aromatic N) is 7. The monoisotopic (exact) mass is 1650 g/mol. The molecule has 2 aliphatic rings. The van der Waals surface area contributed by atoms with Gasteiger partial charge in [-0.1, -0.05) is 36.5 Å². The number of carboxylic acid groups (broad SMARTS) is 3. The number of fused-ring (bicyclic) bond motifs is 3. The Hall–Kier alpha value is -10.6. The van der Waals surface area contributed by atoms with Gasteiger partial charge in [-0.15, -0.1) is 11.8 Å². The number of sulfonamides is 1. The topological polar surface area (TPSA) is 549 Å². The molecule has 1 fully saturated rings. The van der Waals surface area contributed by atoms with Crippen LogP contribution in [0.2, 0.25) is 32.2 Å². The number of aliphatic carboxylic acids is 3. The lowest BCUT2D eigenvalue weighted by atomic mass is 9.92. The Morgan fingerprint density at radius 3 is 2.12 bits per heavy atom. The van der Waals surface area contributed by atoms with Crippen molar-refractivity contribution in [3.05, 3.63) is 146 Å². The molecule has 0 spiro atoms. The van der Waals surface area contributed by atoms with Gasteiger partial charge in [-0.2, -0.15) is 13.4 Å². The number of ether oxygens (including phenoxy) is 1. The first-order valence-corrected chi connectivity index (χ1v) is 46.1. The normalized spacial score (nSPS) is 14.7. The number of nitrogens with one attached hydrogen (secondary N) is 7. The van der Waals surface area contributed by atoms with Gasteiger partial charge in [0.05, 0.1) is 35.0 Å². The largest absolute Gasteiger partial charge is 0.481 e. The van der Waals surface area contributed by atoms with Crippen LogP contribution < -0.4 is 68.4 Å². The molecule has 1 saturated heterocycles. The number of amides is 6. The molecule has 112 heavy (non-hydrogen) atoms. The first-order chi connectivity index (χ1) is 52.8. The number of rotatable bonds is 39. The van der Waals surface area contributed by atoms with Crippen molar-refractivity contribution >= 4 is 154 Å². The van der Waals surface area contributed by atoms with E-state index in [0.717, 1.165) is 28.4 Å². The molecular weight excluding hydrogens is 1570 g/mol. The maximum absolute atomic E-state index is 13.8. The van der Waals surface area contributed by atoms with Gasteiger partial charge in [0.1, 0.15) is 40.6 Å². The van der Waals surface area contributed by atoms with Crippen molar-refractivity contribution < 1.29 is 88.7 Å². The quantitative estimate of drug-likeness (QED) is 0.00861. The van der Waals surface area contributed by atoms with Gasteiger partial charge in [-0.25, -0.2) is 42.7 Å². The second-order valence-corrected chi connectivity index (χ2v) is 41.7. The molecule has 9 rings (SSSR count). The van der Waals surface area contributed by atoms with Crippen molar-refractivity contribution in [2.75, 3.05) is 53.3 Å². The minimum atomic E-state index is -5.04. The number of nitrogen functional groups attached to an aromatic ring is 1. The zero-order chi connectivity index (χ0) is 81.7. The molecule has 3 aromatic heterocycles. The maximum atomic E-state index is 13.8. The predicted molar refractivity (Wildman–Crippen MR) is 418 cm³/mol. The van der Waals surface area contributed by atoms with Crippen LogP contribution in [-0.4, -0.2) is 208 Å². The van der Waals surface area contributed by atoms with Gasteiger partial charge in [-0.3, -0.25) is 52.8 Å². The summed E-state index contributed by atoms with van der Waals surface area (Å²) < 4.78 is 80.3. The molecule has 4 aromatic carbocycles. The smallest absolute Gasteiger partial charge is 0.327 e. The Bertz CT molecular complexity index is 5220. The molecule has 5 heterocycles. The second kappa shape index (κ2) is 36.7. The van der Waals surface area contributed by atoms with Crippen LogP contribution in [-0.2, 0) is 75.7 Å². The number of thioether (sulfide) groups is 2. The number of anilines is 3. The van der Waals surface area contributed by atoms with Gasteiger partial charge in [0.15, 0.2) is 33.0 Å². The third-order valence-electron chi connectivity index (χ3n) is 17.7. The van der Waals surface area contributed by atoms with Crippen molar-refractivity contribution in [2.24, 2.45) is 5.73 Å². The van der Waals surface area contributed by atoms with E-state index in [1.807, 2.05) is 52.2 Å². The van der Waals surface area contributed by atoms with Crippen LogP contribution in [0.15, 0.2) is 117 Å². The van der Waals surface area contributed by atoms with Gasteiger partial charge in [0.2, 0.25) is 45.5 Å². The number of imide groups is 1. The molecule has 596 valence electrons. The molecule has 0 aliphatic carbocycles. The van der Waals surface area contributed by atoms with Crippen LogP contribution in [0.25, 0.3) is 23.3 Å². The van der Waals surface area contributed by atoms with E-state index < -0.39 is 166 Å². The fourth-order valence-electron chi connectivity index (χ4n) is 12.2. The first kappa shape index (κ1) is 85.4. The lowest BCUT2D eigenvalue weighted by Crippen LogP contribution is -2.58. The summed E-state index contributed by atoms with van der Waals surface area (Å²) in [4.78, 5) is 154. The van der Waals surface area contributed by atoms with Crippen LogP contribution in [0, 0.1) is 0 Å². The third-order valence-corrected chi connectivity index (χ3v) is 31.1. The summed E-state index contributed by atoms with van der Waals surface area (Å²) in [5.74, 6) is -9.71. The average Bonchev–Trinajstić information content (AvgIpc) is 0.821. The molecule has 36 nitrogen and oxygen atoms in total. The van der Waals surface area contributed by atoms with E-state index in [-0.39, 0.29) is 54.3 Å². The number of carbonyl (C=O) groups excluding carboxylic acids is 6. The number of hydrogen-bond donors (Lipinski definition) is 13. The van der Waals surface area contributed by atoms with Crippen LogP contribution >= 0.6 is 23.5 Å². The standard InChI is InChI=1S/C70H84N16O20S4Si2/c1-8-85(9-2)43-16-19-46-53(26-43)105-52-25-38(3)11-18-45(52)59(46)47-20-17-44(27-55(47)110(102,103)104)109(100,101)77-33-39-31-75-70(76-32-39)108-37-112(6,7)106-111(4,5)24-10-23-86-57(88)29-54(66(86)95)107-36-51(68(98)99)82-64(93)50(30-71)81-63(92)49(28-58(89)90)79-56(87)22-21-48(67(96)97)80-62(91)40-12-14-41(15-13-40)73-34-42-35-74-61-60(78-42)65(94)84-69(72)83-61/h11-20,25-27,31-32,35,48-51,54,73,77H,3,8-10,21-24,28-30,33-34,36-37,71H2,1-2,4-7H3,(H,79,87)(H,80,91)(H,81,92)(H,82,93)(H,89,90)(H,96,97)(H,98,99)(H,102,103,104)(H3,72,74,83,84,94)/t48-,49-,50-,51-,54?/m0/s1. The zero-order valence-electron chi connectivity index (χ0n) is 61.5. The minimum Gasteiger partial charge on any atom is -0.481 e. The second-order valence-electron chi connectivity index (χ2n) is 27.1. The SMILES string of the molecule is C=c1ccc2c(c1)Oc1cc(N(CC)CC)ccc1C=2c1ccc(S(=O)(=O)NCc2cnc(SC[Si](C)(C)O[Si](C)(C)CCCN3C(=O)CC(SC[C@H](NC(=O)[C@H](CN)NC(=O)[C@H](CC(=O)O)NC(=O)CC[C@H](NC(=O)c4ccc(NCc5cnc6nc(N)[nH]c(=O)c6n5)cc4)C(=O)O)C(=O)O)C3=O)nc2)cc1S(=O)(=O)O. The summed E-state index contributed by atoms with van der Waals surface area (Å²) >= 11 is 2.14. The Morgan fingerprint density at radius 1 is 0.786 bits per heavy atom. The molecule has 2 aliphatic heterocycles. The highest BCUT2D eigenvalue weighted by Crippen LogP contribution is 2.41. The van der Waals surface area contributed by atoms with E-state index >= 15 is 0 Å². The molecule has 0 bridgehead atoms. The lowest BCUT2D eigenvalue weighted by molar-refractivity contribution is -0.142. The van der Waals surface area contributed by atoms with Gasteiger partial charge in [-0.05, 0) is 119 Å². The van der Waals surface area contributed by atoms with Crippen LogP contribution in [0.5, 0.6) is 11.5 Å². The summed E-state index contributed by atoms with van der Waals surface area (Å²) in [6, 6.07) is 13.5. The van der Waals surface area contributed by atoms with E-state index in [1.165, 1.54) is 66.8 Å². The zero-order valence-corrected chi connectivity index (χ0v) is 66.7. The molecule has 1 unspecified atom stereocenters. The maximum Gasteiger partial charge on any atom is 0.327 e. The number of carboxylic acids is 3. The van der Waals surface area contributed by atoms with E-state index in [1.54, 1.807) is 24.3 Å². The number of aromatic amines is 1. The molecule has 0 saturated carbocycles. The third kappa shape index (κ3) is 22.4. The Labute approximate surface area is 652 Å². The highest BCUT2D eigenvalue weighted by molar-refractivity contribution is 8.01. The Balaban J connectivity index is 0.699. The van der Waals surface area contributed by atoms with Gasteiger partial charge in [0, 0.05) is 120 Å². The number of likely N-dealkylation sites (tertiary alicyclic amines) is 1. The fourth-order valence-corrected chi connectivity index (χ4v) is 25.5. The summed E-state index contributed by atoms with van der Waals surface area (Å²) in [6.07, 6.45) is 2.18. The van der Waals surface area contributed by atoms with Gasteiger partial charge in [0.25, 0.3) is 21.6 Å². The molecule has 0 radical (unpaired) electrons. The van der Waals surface area contributed by atoms with Crippen LogP contribution in [0.1, 0.15) is 78.7 Å². The fraction of sp³-hybridized carbons (Fsp3) is 0.357. The first-order valence-electron chi connectivity index (χ1n) is 34.9. The lowest BCUT2D eigenvalue weighted by Gasteiger charge is -2.34. The number of benzene rings is 4. The molecule has 15 N–H and O–H groups in total. The Kier molecular flexibility index (Phi) is 28.0. The highest BCUT2D eigenvalue weighted by atomic mass is 32.2. The van der Waals surface area contributed by atoms with E-state index in [0.29, 0.717) is 86.1 Å². The number of aromatic nitrogens is 6. The van der Waals surface area contributed by atoms with E-state index in [2.05, 4.69) is 72.7 Å². The minimum absolute atomic E-state index is 0.0267. The highest BCUT2D eigenvalue weighted by Gasteiger charge is 2.41. The summed E-state index contributed by atoms with van der Waals surface area (Å²) in [5.41, 5.74) is 13.9. The Morgan fingerprint density at radius 2 is 1.46 bits per heavy atom. The number of H-pyrrole nitrogens is 1. The van der Waals surface area contributed by atoms with Crippen LogP contribution in [0.3, 0.4) is 0 Å². The number of carbonyl (C=O) groups is 9. The van der Waals surface area contributed by atoms with E-state index in [4.69, 9.17) is 20.3 Å². The number of hydrogen-bond acceptors (Lipinski definition) is 27. The van der Waals surface area contributed by atoms with Gasteiger partial charge >= 0.3 is 17.9 Å². The molecular formula is C70H84N16O20S4Si2. The molecule has 6 amide bonds. The van der Waals surface area contributed by atoms with Gasteiger partial charge < -0.3 is 67.1 Å². The molecule has 5 atom stereocenters. The van der Waals surface area contributed by atoms with E-state index in [9.17, 15) is 84.7 Å². The van der Waals surface area contributed by atoms with Crippen LogP contribution in [0.4, 0.5) is 17.3 Å². The van der Waals surface area contributed by atoms with Crippen molar-refractivity contribution in [1.29, 1.82) is 0 Å². The molecule has 7 aromatic rings. The summed E-state index contributed by atoms with van der Waals surface area (Å²) in [6.45, 7) is 16.7. The van der Waals surface area contributed by atoms with Crippen molar-refractivity contribution in [2.45, 2.75) is 136 Å². The van der Waals surface area contributed by atoms with Crippen molar-refractivity contribution in [3.63, 3.8) is 0 Å². The average molecular weight is 1650 g/mol. The van der Waals surface area contributed by atoms with Crippen molar-refractivity contribution in [1.82, 2.24) is 60.8 Å². The molecule has 42 heteroatoms.